The van der Waals surface area contributed by atoms with E-state index < -0.39 is 41.7 Å². The van der Waals surface area contributed by atoms with Crippen LogP contribution in [0, 0.1) is 0 Å². The molecular weight excluding hydrogens is 334 g/mol. The highest BCUT2D eigenvalue weighted by Gasteiger charge is 2.43. The van der Waals surface area contributed by atoms with E-state index in [1.165, 1.54) is 14.1 Å². The standard InChI is InChI=1S/C15H21N3O7/c1-7-23-6-10-12(25-7)11(19)9(5-24-10)16-4-8-13(20)17(2)15(22)18(3)14(8)21/h4,7,9-12,19-20H,5-6H2,1-3H3/t7?,9?,10?,11-,12+/m1/s1. The Hall–Kier alpha value is -2.01. The van der Waals surface area contributed by atoms with Crippen molar-refractivity contribution in [3.8, 4) is 5.88 Å². The van der Waals surface area contributed by atoms with Gasteiger partial charge in [0.15, 0.2) is 6.29 Å². The summed E-state index contributed by atoms with van der Waals surface area (Å²) in [6.45, 7) is 2.16. The quantitative estimate of drug-likeness (QED) is 0.594. The van der Waals surface area contributed by atoms with Gasteiger partial charge in [-0.2, -0.15) is 0 Å². The molecule has 10 heteroatoms. The van der Waals surface area contributed by atoms with Crippen LogP contribution < -0.4 is 11.2 Å². The zero-order valence-electron chi connectivity index (χ0n) is 14.2. The van der Waals surface area contributed by atoms with Crippen molar-refractivity contribution in [3.05, 3.63) is 26.4 Å². The van der Waals surface area contributed by atoms with E-state index in [0.717, 1.165) is 15.3 Å². The number of fused-ring (bicyclic) bond motifs is 1. The van der Waals surface area contributed by atoms with Crippen LogP contribution in [0.3, 0.4) is 0 Å². The molecule has 2 aliphatic heterocycles. The molecule has 2 aliphatic rings. The molecule has 3 heterocycles. The van der Waals surface area contributed by atoms with Crippen molar-refractivity contribution >= 4 is 6.21 Å². The van der Waals surface area contributed by atoms with Gasteiger partial charge in [-0.25, -0.2) is 4.79 Å². The van der Waals surface area contributed by atoms with E-state index in [0.29, 0.717) is 6.61 Å². The first kappa shape index (κ1) is 17.8. The zero-order chi connectivity index (χ0) is 18.3. The summed E-state index contributed by atoms with van der Waals surface area (Å²) < 4.78 is 18.3. The van der Waals surface area contributed by atoms with Crippen LogP contribution in [0.1, 0.15) is 12.5 Å². The number of aliphatic hydroxyl groups is 1. The fraction of sp³-hybridized carbons (Fsp3) is 0.667. The molecule has 0 saturated carbocycles. The third kappa shape index (κ3) is 3.13. The number of hydrogen-bond acceptors (Lipinski definition) is 8. The summed E-state index contributed by atoms with van der Waals surface area (Å²) in [4.78, 5) is 28.1. The molecule has 138 valence electrons. The first-order chi connectivity index (χ1) is 11.8. The zero-order valence-corrected chi connectivity index (χ0v) is 14.2. The Balaban J connectivity index is 1.86. The van der Waals surface area contributed by atoms with Crippen LogP contribution in [0.2, 0.25) is 0 Å². The summed E-state index contributed by atoms with van der Waals surface area (Å²) in [5, 5.41) is 20.5. The monoisotopic (exact) mass is 355 g/mol. The van der Waals surface area contributed by atoms with Crippen molar-refractivity contribution in [2.24, 2.45) is 19.1 Å². The van der Waals surface area contributed by atoms with Crippen LogP contribution in [0.25, 0.3) is 0 Å². The third-order valence-corrected chi connectivity index (χ3v) is 4.48. The Morgan fingerprint density at radius 3 is 2.64 bits per heavy atom. The molecule has 0 spiro atoms. The Labute approximate surface area is 142 Å². The first-order valence-corrected chi connectivity index (χ1v) is 7.90. The molecule has 0 amide bonds. The van der Waals surface area contributed by atoms with Gasteiger partial charge in [0.1, 0.15) is 29.9 Å². The first-order valence-electron chi connectivity index (χ1n) is 7.90. The Morgan fingerprint density at radius 2 is 1.92 bits per heavy atom. The van der Waals surface area contributed by atoms with Gasteiger partial charge in [-0.05, 0) is 6.92 Å². The largest absolute Gasteiger partial charge is 0.494 e. The number of nitrogens with zero attached hydrogens (tertiary/aromatic N) is 3. The van der Waals surface area contributed by atoms with E-state index in [4.69, 9.17) is 14.2 Å². The number of aromatic hydroxyl groups is 1. The molecular formula is C15H21N3O7. The van der Waals surface area contributed by atoms with E-state index >= 15 is 0 Å². The van der Waals surface area contributed by atoms with E-state index in [9.17, 15) is 19.8 Å². The lowest BCUT2D eigenvalue weighted by molar-refractivity contribution is -0.291. The maximum atomic E-state index is 12.2. The normalized spacial score (nSPS) is 32.7. The number of aliphatic imine (C=N–C) groups is 1. The van der Waals surface area contributed by atoms with Crippen molar-refractivity contribution in [2.75, 3.05) is 13.2 Å². The second-order valence-corrected chi connectivity index (χ2v) is 6.15. The molecule has 3 rings (SSSR count). The molecule has 2 fully saturated rings. The van der Waals surface area contributed by atoms with Gasteiger partial charge in [0.2, 0.25) is 5.88 Å². The highest BCUT2D eigenvalue weighted by atomic mass is 16.7. The summed E-state index contributed by atoms with van der Waals surface area (Å²) in [5.74, 6) is -0.489. The van der Waals surface area contributed by atoms with Crippen LogP contribution >= 0.6 is 0 Å². The fourth-order valence-electron chi connectivity index (χ4n) is 2.93. The Kier molecular flexibility index (Phi) is 4.78. The van der Waals surface area contributed by atoms with Crippen molar-refractivity contribution < 1.29 is 24.4 Å². The second kappa shape index (κ2) is 6.71. The van der Waals surface area contributed by atoms with Crippen LogP contribution in [-0.4, -0.2) is 69.4 Å². The summed E-state index contributed by atoms with van der Waals surface area (Å²) in [7, 11) is 2.65. The number of rotatable bonds is 2. The minimum Gasteiger partial charge on any atom is -0.494 e. The molecule has 1 aromatic heterocycles. The van der Waals surface area contributed by atoms with Gasteiger partial charge >= 0.3 is 5.69 Å². The van der Waals surface area contributed by atoms with Crippen LogP contribution in [0.4, 0.5) is 0 Å². The summed E-state index contributed by atoms with van der Waals surface area (Å²) in [5.41, 5.74) is -1.46. The van der Waals surface area contributed by atoms with Crippen LogP contribution in [0.5, 0.6) is 5.88 Å². The Bertz CT molecular complexity index is 800. The van der Waals surface area contributed by atoms with Crippen molar-refractivity contribution in [1.29, 1.82) is 0 Å². The number of aromatic nitrogens is 2. The molecule has 0 bridgehead atoms. The molecule has 25 heavy (non-hydrogen) atoms. The third-order valence-electron chi connectivity index (χ3n) is 4.48. The van der Waals surface area contributed by atoms with Gasteiger partial charge in [0.25, 0.3) is 5.56 Å². The molecule has 2 saturated heterocycles. The van der Waals surface area contributed by atoms with Crippen LogP contribution in [0.15, 0.2) is 14.6 Å². The predicted octanol–water partition coefficient (Wildman–Crippen LogP) is -1.90. The van der Waals surface area contributed by atoms with E-state index in [2.05, 4.69) is 4.99 Å². The number of ether oxygens (including phenoxy) is 3. The van der Waals surface area contributed by atoms with Crippen molar-refractivity contribution in [3.63, 3.8) is 0 Å². The average Bonchev–Trinajstić information content (AvgIpc) is 2.60. The van der Waals surface area contributed by atoms with Gasteiger partial charge < -0.3 is 24.4 Å². The molecule has 1 aromatic rings. The van der Waals surface area contributed by atoms with Gasteiger partial charge in [-0.1, -0.05) is 0 Å². The molecule has 0 aromatic carbocycles. The minimum absolute atomic E-state index is 0.118. The number of aliphatic hydroxyl groups excluding tert-OH is 1. The molecule has 5 atom stereocenters. The van der Waals surface area contributed by atoms with Gasteiger partial charge in [0, 0.05) is 20.3 Å². The average molecular weight is 355 g/mol. The lowest BCUT2D eigenvalue weighted by Crippen LogP contribution is -2.58. The SMILES string of the molecule is CC1OCC2OCC(N=Cc3c(O)n(C)c(=O)n(C)c3=O)[C@@H](O)[C@H]2O1. The molecule has 2 N–H and O–H groups in total. The van der Waals surface area contributed by atoms with Gasteiger partial charge in [0.05, 0.1) is 13.2 Å². The fourth-order valence-corrected chi connectivity index (χ4v) is 2.93. The smallest absolute Gasteiger partial charge is 0.333 e. The van der Waals surface area contributed by atoms with E-state index in [1.54, 1.807) is 6.92 Å². The van der Waals surface area contributed by atoms with Gasteiger partial charge in [-0.15, -0.1) is 0 Å². The van der Waals surface area contributed by atoms with Crippen molar-refractivity contribution in [2.45, 2.75) is 37.6 Å². The number of hydrogen-bond donors (Lipinski definition) is 2. The molecule has 3 unspecified atom stereocenters. The topological polar surface area (TPSA) is 125 Å². The highest BCUT2D eigenvalue weighted by molar-refractivity contribution is 5.82. The van der Waals surface area contributed by atoms with Gasteiger partial charge in [-0.3, -0.25) is 18.9 Å². The minimum atomic E-state index is -0.945. The molecule has 0 radical (unpaired) electrons. The molecule has 0 aliphatic carbocycles. The Morgan fingerprint density at radius 1 is 1.20 bits per heavy atom. The summed E-state index contributed by atoms with van der Waals surface area (Å²) >= 11 is 0. The second-order valence-electron chi connectivity index (χ2n) is 6.15. The predicted molar refractivity (Wildman–Crippen MR) is 86.0 cm³/mol. The highest BCUT2D eigenvalue weighted by Crippen LogP contribution is 2.26. The van der Waals surface area contributed by atoms with E-state index in [-0.39, 0.29) is 18.3 Å². The summed E-state index contributed by atoms with van der Waals surface area (Å²) in [6, 6.07) is -0.673. The maximum Gasteiger partial charge on any atom is 0.333 e. The van der Waals surface area contributed by atoms with Crippen LogP contribution in [-0.2, 0) is 28.3 Å². The molecule has 10 nitrogen and oxygen atoms in total. The van der Waals surface area contributed by atoms with Crippen molar-refractivity contribution in [1.82, 2.24) is 9.13 Å². The lowest BCUT2D eigenvalue weighted by atomic mass is 9.98. The lowest BCUT2D eigenvalue weighted by Gasteiger charge is -2.42. The summed E-state index contributed by atoms with van der Waals surface area (Å²) in [6.07, 6.45) is -1.22. The van der Waals surface area contributed by atoms with E-state index in [1.807, 2.05) is 0 Å². The maximum absolute atomic E-state index is 12.2.